The SMILES string of the molecule is C/C(=C\C=C\[C@@H]1[C@@H]2[C@H](C)[C@@H](O)[C@H](C)C[C@@H]2C=C[C@H]1C)C(N)=O. The summed E-state index contributed by atoms with van der Waals surface area (Å²) in [6, 6.07) is 0. The molecule has 0 radical (unpaired) electrons. The van der Waals surface area contributed by atoms with Gasteiger partial charge in [-0.1, -0.05) is 51.2 Å². The monoisotopic (exact) mass is 303 g/mol. The van der Waals surface area contributed by atoms with E-state index in [9.17, 15) is 9.90 Å². The number of carbonyl (C=O) groups excluding carboxylic acids is 1. The number of hydrogen-bond acceptors (Lipinski definition) is 2. The molecule has 3 nitrogen and oxygen atoms in total. The van der Waals surface area contributed by atoms with Gasteiger partial charge in [0, 0.05) is 5.57 Å². The zero-order valence-electron chi connectivity index (χ0n) is 14.1. The fourth-order valence-electron chi connectivity index (χ4n) is 4.22. The van der Waals surface area contributed by atoms with Gasteiger partial charge in [0.25, 0.3) is 0 Å². The number of hydrogen-bond donors (Lipinski definition) is 2. The van der Waals surface area contributed by atoms with Crippen LogP contribution in [0.2, 0.25) is 0 Å². The highest BCUT2D eigenvalue weighted by Gasteiger charge is 2.44. The molecule has 3 heteroatoms. The molecule has 0 heterocycles. The largest absolute Gasteiger partial charge is 0.393 e. The standard InChI is InChI=1S/C19H29NO2/c1-11-8-9-15-10-13(3)18(21)14(4)17(15)16(11)7-5-6-12(2)19(20)22/h5-9,11,13-18,21H,10H2,1-4H3,(H2,20,22)/b7-5+,12-6+/t11-,13-,14+,15+,16+,17-,18+/m1/s1. The van der Waals surface area contributed by atoms with E-state index in [4.69, 9.17) is 5.73 Å². The lowest BCUT2D eigenvalue weighted by molar-refractivity contribution is -0.114. The molecule has 1 saturated carbocycles. The Morgan fingerprint density at radius 1 is 1.27 bits per heavy atom. The molecule has 0 spiro atoms. The fourth-order valence-corrected chi connectivity index (χ4v) is 4.22. The van der Waals surface area contributed by atoms with Crippen molar-refractivity contribution in [3.8, 4) is 0 Å². The molecule has 2 aliphatic carbocycles. The minimum absolute atomic E-state index is 0.223. The second kappa shape index (κ2) is 6.82. The molecular weight excluding hydrogens is 274 g/mol. The number of amides is 1. The van der Waals surface area contributed by atoms with Gasteiger partial charge in [0.1, 0.15) is 0 Å². The summed E-state index contributed by atoms with van der Waals surface area (Å²) in [7, 11) is 0. The van der Waals surface area contributed by atoms with Crippen molar-refractivity contribution in [3.05, 3.63) is 36.0 Å². The van der Waals surface area contributed by atoms with Crippen LogP contribution in [0.4, 0.5) is 0 Å². The van der Waals surface area contributed by atoms with Crippen molar-refractivity contribution in [1.82, 2.24) is 0 Å². The van der Waals surface area contributed by atoms with Crippen molar-refractivity contribution in [1.29, 1.82) is 0 Å². The predicted molar refractivity (Wildman–Crippen MR) is 89.8 cm³/mol. The normalized spacial score (nSPS) is 42.4. The predicted octanol–water partition coefficient (Wildman–Crippen LogP) is 3.07. The second-order valence-corrected chi connectivity index (χ2v) is 7.22. The van der Waals surface area contributed by atoms with E-state index in [1.807, 2.05) is 6.08 Å². The zero-order valence-corrected chi connectivity index (χ0v) is 14.1. The summed E-state index contributed by atoms with van der Waals surface area (Å²) in [5.41, 5.74) is 5.83. The molecule has 0 unspecified atom stereocenters. The van der Waals surface area contributed by atoms with Crippen LogP contribution in [0.3, 0.4) is 0 Å². The van der Waals surface area contributed by atoms with Crippen molar-refractivity contribution < 1.29 is 9.90 Å². The summed E-state index contributed by atoms with van der Waals surface area (Å²) in [6.45, 7) is 8.28. The second-order valence-electron chi connectivity index (χ2n) is 7.22. The van der Waals surface area contributed by atoms with E-state index in [2.05, 4.69) is 39.0 Å². The maximum atomic E-state index is 11.1. The number of rotatable bonds is 3. The van der Waals surface area contributed by atoms with Crippen molar-refractivity contribution in [3.63, 3.8) is 0 Å². The summed E-state index contributed by atoms with van der Waals surface area (Å²) in [5.74, 6) is 2.11. The Labute approximate surface area is 134 Å². The number of primary amides is 1. The highest BCUT2D eigenvalue weighted by Crippen LogP contribution is 2.48. The Kier molecular flexibility index (Phi) is 5.28. The van der Waals surface area contributed by atoms with Crippen LogP contribution < -0.4 is 5.73 Å². The van der Waals surface area contributed by atoms with Crippen LogP contribution in [0, 0.1) is 35.5 Å². The number of aliphatic hydroxyl groups excluding tert-OH is 1. The first-order valence-electron chi connectivity index (χ1n) is 8.34. The summed E-state index contributed by atoms with van der Waals surface area (Å²) in [4.78, 5) is 11.1. The van der Waals surface area contributed by atoms with E-state index in [0.717, 1.165) is 6.42 Å². The fraction of sp³-hybridized carbons (Fsp3) is 0.632. The van der Waals surface area contributed by atoms with Gasteiger partial charge in [0.2, 0.25) is 5.91 Å². The molecule has 1 amide bonds. The molecule has 7 atom stereocenters. The molecule has 22 heavy (non-hydrogen) atoms. The molecule has 2 aliphatic rings. The Balaban J connectivity index is 2.22. The lowest BCUT2D eigenvalue weighted by Crippen LogP contribution is -2.46. The van der Waals surface area contributed by atoms with Gasteiger partial charge in [0.15, 0.2) is 0 Å². The van der Waals surface area contributed by atoms with Gasteiger partial charge in [-0.15, -0.1) is 0 Å². The van der Waals surface area contributed by atoms with Crippen LogP contribution in [-0.2, 0) is 4.79 Å². The highest BCUT2D eigenvalue weighted by atomic mass is 16.3. The lowest BCUT2D eigenvalue weighted by atomic mass is 9.58. The number of allylic oxidation sites excluding steroid dienone is 5. The van der Waals surface area contributed by atoms with E-state index in [0.29, 0.717) is 35.2 Å². The van der Waals surface area contributed by atoms with E-state index in [-0.39, 0.29) is 17.9 Å². The lowest BCUT2D eigenvalue weighted by Gasteiger charge is -2.48. The third-order valence-electron chi connectivity index (χ3n) is 5.65. The Morgan fingerprint density at radius 2 is 1.95 bits per heavy atom. The van der Waals surface area contributed by atoms with Gasteiger partial charge >= 0.3 is 0 Å². The first-order chi connectivity index (χ1) is 10.3. The molecule has 2 rings (SSSR count). The zero-order chi connectivity index (χ0) is 16.4. The topological polar surface area (TPSA) is 63.3 Å². The number of fused-ring (bicyclic) bond motifs is 1. The minimum atomic E-state index is -0.380. The van der Waals surface area contributed by atoms with Gasteiger partial charge in [0.05, 0.1) is 6.10 Å². The van der Waals surface area contributed by atoms with E-state index in [1.165, 1.54) is 0 Å². The van der Waals surface area contributed by atoms with Crippen molar-refractivity contribution in [2.75, 3.05) is 0 Å². The average Bonchev–Trinajstić information content (AvgIpc) is 2.47. The molecule has 1 fully saturated rings. The van der Waals surface area contributed by atoms with E-state index < -0.39 is 0 Å². The average molecular weight is 303 g/mol. The summed E-state index contributed by atoms with van der Waals surface area (Å²) >= 11 is 0. The molecule has 0 saturated heterocycles. The van der Waals surface area contributed by atoms with E-state index in [1.54, 1.807) is 13.0 Å². The van der Waals surface area contributed by atoms with Gasteiger partial charge in [-0.25, -0.2) is 0 Å². The van der Waals surface area contributed by atoms with Crippen LogP contribution >= 0.6 is 0 Å². The first kappa shape index (κ1) is 17.0. The van der Waals surface area contributed by atoms with Gasteiger partial charge in [-0.2, -0.15) is 0 Å². The number of aliphatic hydroxyl groups is 1. The van der Waals surface area contributed by atoms with Gasteiger partial charge in [-0.05, 0) is 48.9 Å². The number of nitrogens with two attached hydrogens (primary N) is 1. The van der Waals surface area contributed by atoms with Crippen molar-refractivity contribution in [2.45, 2.75) is 40.2 Å². The smallest absolute Gasteiger partial charge is 0.244 e. The third kappa shape index (κ3) is 3.35. The molecule has 0 aliphatic heterocycles. The molecular formula is C19H29NO2. The Bertz CT molecular complexity index is 506. The highest BCUT2D eigenvalue weighted by molar-refractivity contribution is 5.91. The van der Waals surface area contributed by atoms with Crippen LogP contribution in [0.15, 0.2) is 36.0 Å². The summed E-state index contributed by atoms with van der Waals surface area (Å²) in [5, 5.41) is 10.5. The molecule has 0 bridgehead atoms. The van der Waals surface area contributed by atoms with Gasteiger partial charge < -0.3 is 10.8 Å². The minimum Gasteiger partial charge on any atom is -0.393 e. The van der Waals surface area contributed by atoms with Gasteiger partial charge in [-0.3, -0.25) is 4.79 Å². The van der Waals surface area contributed by atoms with Crippen molar-refractivity contribution >= 4 is 5.91 Å². The Morgan fingerprint density at radius 3 is 2.59 bits per heavy atom. The molecule has 3 N–H and O–H groups in total. The van der Waals surface area contributed by atoms with Crippen LogP contribution in [-0.4, -0.2) is 17.1 Å². The quantitative estimate of drug-likeness (QED) is 0.478. The molecule has 0 aromatic heterocycles. The molecule has 122 valence electrons. The van der Waals surface area contributed by atoms with E-state index >= 15 is 0 Å². The molecule has 0 aromatic rings. The maximum Gasteiger partial charge on any atom is 0.244 e. The summed E-state index contributed by atoms with van der Waals surface area (Å²) < 4.78 is 0. The van der Waals surface area contributed by atoms with Crippen LogP contribution in [0.1, 0.15) is 34.1 Å². The molecule has 0 aromatic carbocycles. The number of carbonyl (C=O) groups is 1. The maximum absolute atomic E-state index is 11.1. The van der Waals surface area contributed by atoms with Crippen LogP contribution in [0.25, 0.3) is 0 Å². The van der Waals surface area contributed by atoms with Crippen molar-refractivity contribution in [2.24, 2.45) is 41.2 Å². The Hall–Kier alpha value is -1.35. The summed E-state index contributed by atoms with van der Waals surface area (Å²) in [6.07, 6.45) is 11.4. The van der Waals surface area contributed by atoms with Crippen LogP contribution in [0.5, 0.6) is 0 Å². The first-order valence-corrected chi connectivity index (χ1v) is 8.34. The third-order valence-corrected chi connectivity index (χ3v) is 5.65.